The van der Waals surface area contributed by atoms with E-state index >= 15 is 0 Å². The number of likely N-dealkylation sites (tertiary alicyclic amines) is 1. The van der Waals surface area contributed by atoms with Crippen molar-refractivity contribution in [3.63, 3.8) is 0 Å². The van der Waals surface area contributed by atoms with E-state index < -0.39 is 0 Å². The van der Waals surface area contributed by atoms with E-state index in [1.54, 1.807) is 23.3 Å². The van der Waals surface area contributed by atoms with Crippen LogP contribution in [0.5, 0.6) is 0 Å². The molecular weight excluding hydrogens is 312 g/mol. The minimum Gasteiger partial charge on any atom is -0.299 e. The number of hydrogen-bond acceptors (Lipinski definition) is 3. The second-order valence-electron chi connectivity index (χ2n) is 7.49. The average molecular weight is 336 g/mol. The van der Waals surface area contributed by atoms with Crippen molar-refractivity contribution in [2.24, 2.45) is 0 Å². The van der Waals surface area contributed by atoms with Crippen molar-refractivity contribution in [3.8, 4) is 0 Å². The third-order valence-corrected chi connectivity index (χ3v) is 6.06. The van der Waals surface area contributed by atoms with Crippen LogP contribution in [0.4, 0.5) is 5.69 Å². The van der Waals surface area contributed by atoms with E-state index in [2.05, 4.69) is 29.2 Å². The fourth-order valence-electron chi connectivity index (χ4n) is 4.65. The summed E-state index contributed by atoms with van der Waals surface area (Å²) in [4.78, 5) is 12.9. The van der Waals surface area contributed by atoms with Gasteiger partial charge in [-0.1, -0.05) is 36.4 Å². The average Bonchev–Trinajstić information content (AvgIpc) is 2.65. The largest absolute Gasteiger partial charge is 0.299 e. The van der Waals surface area contributed by atoms with Crippen molar-refractivity contribution in [2.75, 3.05) is 13.1 Å². The summed E-state index contributed by atoms with van der Waals surface area (Å²) in [5, 5.41) is 10.8. The molecule has 1 aliphatic heterocycles. The number of fused-ring (bicyclic) bond motifs is 2. The van der Waals surface area contributed by atoms with Gasteiger partial charge in [-0.25, -0.2) is 0 Å². The monoisotopic (exact) mass is 336 g/mol. The number of rotatable bonds is 3. The third kappa shape index (κ3) is 3.19. The van der Waals surface area contributed by atoms with Crippen LogP contribution in [0.25, 0.3) is 0 Å². The molecule has 0 radical (unpaired) electrons. The number of benzene rings is 2. The summed E-state index contributed by atoms with van der Waals surface area (Å²) in [6, 6.07) is 16.0. The predicted octanol–water partition coefficient (Wildman–Crippen LogP) is 4.46. The maximum atomic E-state index is 10.8. The molecule has 1 saturated heterocycles. The lowest BCUT2D eigenvalue weighted by atomic mass is 9.65. The van der Waals surface area contributed by atoms with Crippen LogP contribution in [-0.4, -0.2) is 22.9 Å². The zero-order chi connectivity index (χ0) is 17.3. The minimum atomic E-state index is -0.338. The van der Waals surface area contributed by atoms with E-state index in [4.69, 9.17) is 0 Å². The topological polar surface area (TPSA) is 46.4 Å². The van der Waals surface area contributed by atoms with Crippen LogP contribution in [0.3, 0.4) is 0 Å². The Morgan fingerprint density at radius 1 is 1.00 bits per heavy atom. The molecule has 0 amide bonds. The quantitative estimate of drug-likeness (QED) is 0.614. The normalized spacial score (nSPS) is 19.5. The molecule has 0 unspecified atom stereocenters. The highest BCUT2D eigenvalue weighted by Gasteiger charge is 2.38. The third-order valence-electron chi connectivity index (χ3n) is 6.06. The highest BCUT2D eigenvalue weighted by atomic mass is 16.6. The van der Waals surface area contributed by atoms with Gasteiger partial charge in [0.25, 0.3) is 5.69 Å². The highest BCUT2D eigenvalue weighted by molar-refractivity contribution is 5.37. The molecule has 4 rings (SSSR count). The molecule has 1 spiro atoms. The number of non-ortho nitro benzene ring substituents is 1. The van der Waals surface area contributed by atoms with Crippen molar-refractivity contribution in [3.05, 3.63) is 75.3 Å². The van der Waals surface area contributed by atoms with Crippen LogP contribution in [0, 0.1) is 10.1 Å². The summed E-state index contributed by atoms with van der Waals surface area (Å²) in [5.74, 6) is 0. The van der Waals surface area contributed by atoms with Crippen molar-refractivity contribution >= 4 is 5.69 Å². The van der Waals surface area contributed by atoms with E-state index in [0.29, 0.717) is 5.41 Å². The zero-order valence-electron chi connectivity index (χ0n) is 14.5. The van der Waals surface area contributed by atoms with Crippen molar-refractivity contribution in [1.82, 2.24) is 4.90 Å². The van der Waals surface area contributed by atoms with Crippen molar-refractivity contribution in [2.45, 2.75) is 44.1 Å². The molecule has 1 aliphatic carbocycles. The van der Waals surface area contributed by atoms with Crippen LogP contribution in [0.2, 0.25) is 0 Å². The van der Waals surface area contributed by atoms with E-state index in [1.165, 1.54) is 32.1 Å². The fourth-order valence-corrected chi connectivity index (χ4v) is 4.65. The van der Waals surface area contributed by atoms with E-state index in [-0.39, 0.29) is 10.6 Å². The molecule has 130 valence electrons. The first-order chi connectivity index (χ1) is 12.2. The zero-order valence-corrected chi connectivity index (χ0v) is 14.5. The van der Waals surface area contributed by atoms with E-state index in [0.717, 1.165) is 25.2 Å². The van der Waals surface area contributed by atoms with Gasteiger partial charge in [-0.3, -0.25) is 15.0 Å². The SMILES string of the molecule is O=[N+]([O-])c1ccc(CN2CCC3(CCCc4ccccc43)CC2)cc1. The summed E-state index contributed by atoms with van der Waals surface area (Å²) in [6.45, 7) is 3.09. The molecule has 4 nitrogen and oxygen atoms in total. The van der Waals surface area contributed by atoms with Gasteiger partial charge in [0.1, 0.15) is 0 Å². The van der Waals surface area contributed by atoms with Crippen molar-refractivity contribution < 1.29 is 4.92 Å². The van der Waals surface area contributed by atoms with Gasteiger partial charge in [0.15, 0.2) is 0 Å². The smallest absolute Gasteiger partial charge is 0.269 e. The molecule has 4 heteroatoms. The Hall–Kier alpha value is -2.20. The number of nitro groups is 1. The number of nitro benzene ring substituents is 1. The molecule has 0 atom stereocenters. The van der Waals surface area contributed by atoms with Gasteiger partial charge in [-0.15, -0.1) is 0 Å². The second kappa shape index (κ2) is 6.60. The minimum absolute atomic E-state index is 0.167. The van der Waals surface area contributed by atoms with E-state index in [9.17, 15) is 10.1 Å². The number of hydrogen-bond donors (Lipinski definition) is 0. The molecule has 0 N–H and O–H groups in total. The van der Waals surface area contributed by atoms with Crippen molar-refractivity contribution in [1.29, 1.82) is 0 Å². The van der Waals surface area contributed by atoms with Gasteiger partial charge in [0.2, 0.25) is 0 Å². The molecule has 0 bridgehead atoms. The molecule has 0 aromatic heterocycles. The Kier molecular flexibility index (Phi) is 4.30. The standard InChI is InChI=1S/C21H24N2O2/c24-23(25)19-9-7-17(8-10-19)16-22-14-12-21(13-15-22)11-3-5-18-4-1-2-6-20(18)21/h1-2,4,6-10H,3,5,11-16H2. The van der Waals surface area contributed by atoms with Gasteiger partial charge in [0.05, 0.1) is 4.92 Å². The van der Waals surface area contributed by atoms with Crippen LogP contribution in [0.15, 0.2) is 48.5 Å². The molecule has 1 heterocycles. The summed E-state index contributed by atoms with van der Waals surface area (Å²) in [7, 11) is 0. The first kappa shape index (κ1) is 16.3. The van der Waals surface area contributed by atoms with E-state index in [1.807, 2.05) is 12.1 Å². The first-order valence-electron chi connectivity index (χ1n) is 9.20. The fraction of sp³-hybridized carbons (Fsp3) is 0.429. The molecule has 0 saturated carbocycles. The lowest BCUT2D eigenvalue weighted by Crippen LogP contribution is -2.44. The Labute approximate surface area is 148 Å². The Morgan fingerprint density at radius 3 is 2.44 bits per heavy atom. The highest BCUT2D eigenvalue weighted by Crippen LogP contribution is 2.44. The maximum Gasteiger partial charge on any atom is 0.269 e. The van der Waals surface area contributed by atoms with Gasteiger partial charge in [0, 0.05) is 18.7 Å². The second-order valence-corrected chi connectivity index (χ2v) is 7.49. The lowest BCUT2D eigenvalue weighted by molar-refractivity contribution is -0.384. The van der Waals surface area contributed by atoms with Crippen LogP contribution in [-0.2, 0) is 18.4 Å². The molecule has 2 aromatic rings. The van der Waals surface area contributed by atoms with Crippen LogP contribution in [0.1, 0.15) is 42.4 Å². The predicted molar refractivity (Wildman–Crippen MR) is 98.7 cm³/mol. The van der Waals surface area contributed by atoms with Crippen LogP contribution >= 0.6 is 0 Å². The molecule has 2 aromatic carbocycles. The van der Waals surface area contributed by atoms with Gasteiger partial charge >= 0.3 is 0 Å². The Balaban J connectivity index is 1.43. The lowest BCUT2D eigenvalue weighted by Gasteiger charge is -2.45. The number of piperidine rings is 1. The van der Waals surface area contributed by atoms with Gasteiger partial charge in [-0.05, 0) is 67.3 Å². The Bertz CT molecular complexity index is 762. The summed E-state index contributed by atoms with van der Waals surface area (Å²) >= 11 is 0. The molecule has 25 heavy (non-hydrogen) atoms. The molecular formula is C21H24N2O2. The molecule has 1 fully saturated rings. The summed E-state index contributed by atoms with van der Waals surface area (Å²) < 4.78 is 0. The van der Waals surface area contributed by atoms with Gasteiger partial charge < -0.3 is 0 Å². The number of aryl methyl sites for hydroxylation is 1. The van der Waals surface area contributed by atoms with Crippen LogP contribution < -0.4 is 0 Å². The Morgan fingerprint density at radius 2 is 1.72 bits per heavy atom. The summed E-state index contributed by atoms with van der Waals surface area (Å²) in [6.07, 6.45) is 6.28. The summed E-state index contributed by atoms with van der Waals surface area (Å²) in [5.41, 5.74) is 4.85. The first-order valence-corrected chi connectivity index (χ1v) is 9.20. The maximum absolute atomic E-state index is 10.8. The molecule has 2 aliphatic rings. The van der Waals surface area contributed by atoms with Gasteiger partial charge in [-0.2, -0.15) is 0 Å². The number of nitrogens with zero attached hydrogens (tertiary/aromatic N) is 2.